The summed E-state index contributed by atoms with van der Waals surface area (Å²) < 4.78 is 11.8. The fourth-order valence-corrected chi connectivity index (χ4v) is 5.06. The molecule has 9 nitrogen and oxygen atoms in total. The van der Waals surface area contributed by atoms with Crippen molar-refractivity contribution >= 4 is 23.3 Å². The first-order valence-corrected chi connectivity index (χ1v) is 12.4. The first kappa shape index (κ1) is 26.5. The molecule has 2 aliphatic heterocycles. The van der Waals surface area contributed by atoms with Crippen molar-refractivity contribution in [3.63, 3.8) is 0 Å². The molecule has 1 aromatic heterocycles. The van der Waals surface area contributed by atoms with Gasteiger partial charge >= 0.3 is 0 Å². The topological polar surface area (TPSA) is 116 Å². The Morgan fingerprint density at radius 2 is 1.97 bits per heavy atom. The molecule has 10 heteroatoms. The zero-order valence-corrected chi connectivity index (χ0v) is 21.8. The van der Waals surface area contributed by atoms with Crippen molar-refractivity contribution in [3.8, 4) is 11.5 Å². The number of anilines is 1. The molecule has 0 saturated carbocycles. The fourth-order valence-electron chi connectivity index (χ4n) is 4.96. The highest BCUT2D eigenvalue weighted by Crippen LogP contribution is 2.47. The van der Waals surface area contributed by atoms with Gasteiger partial charge in [-0.3, -0.25) is 4.79 Å². The standard InChI is InChI=1S/C26H34ClN3O6/c1-15-7-24(28-9-20(15)27)29-10-18(11-29)36-23-8-17(5-6-22(23)35-4)19-12-30(25(34)21(33)13-31)14-26(19,3)16(2)32/h5-9,16,18-19,21,31-33H,10-14H2,1-4H3/t16-,19+,21+,26+/m1/s1. The summed E-state index contributed by atoms with van der Waals surface area (Å²) in [6.07, 6.45) is -0.594. The lowest BCUT2D eigenvalue weighted by Gasteiger charge is -2.40. The van der Waals surface area contributed by atoms with Crippen LogP contribution in [0.25, 0.3) is 0 Å². The van der Waals surface area contributed by atoms with Crippen molar-refractivity contribution in [2.75, 3.05) is 44.8 Å². The van der Waals surface area contributed by atoms with Gasteiger partial charge in [-0.05, 0) is 43.2 Å². The number of aromatic nitrogens is 1. The number of nitrogens with zero attached hydrogens (tertiary/aromatic N) is 3. The molecule has 0 unspecified atom stereocenters. The number of ether oxygens (including phenoxy) is 2. The molecule has 3 N–H and O–H groups in total. The van der Waals surface area contributed by atoms with Crippen LogP contribution in [0.2, 0.25) is 5.02 Å². The smallest absolute Gasteiger partial charge is 0.253 e. The van der Waals surface area contributed by atoms with Crippen molar-refractivity contribution < 1.29 is 29.6 Å². The zero-order valence-electron chi connectivity index (χ0n) is 21.0. The third-order valence-electron chi connectivity index (χ3n) is 7.54. The van der Waals surface area contributed by atoms with Gasteiger partial charge in [-0.25, -0.2) is 4.98 Å². The minimum absolute atomic E-state index is 0.0589. The number of benzene rings is 1. The number of aliphatic hydroxyl groups excluding tert-OH is 3. The number of methoxy groups -OCH3 is 1. The van der Waals surface area contributed by atoms with Crippen LogP contribution in [0.15, 0.2) is 30.5 Å². The summed E-state index contributed by atoms with van der Waals surface area (Å²) in [4.78, 5) is 20.6. The molecule has 4 rings (SSSR count). The molecule has 2 aromatic rings. The van der Waals surface area contributed by atoms with Gasteiger partial charge in [0, 0.05) is 30.6 Å². The molecular weight excluding hydrogens is 486 g/mol. The lowest BCUT2D eigenvalue weighted by molar-refractivity contribution is -0.141. The molecule has 4 atom stereocenters. The molecule has 0 bridgehead atoms. The van der Waals surface area contributed by atoms with Crippen molar-refractivity contribution in [1.82, 2.24) is 9.88 Å². The lowest BCUT2D eigenvalue weighted by Crippen LogP contribution is -2.54. The highest BCUT2D eigenvalue weighted by Gasteiger charge is 2.49. The summed E-state index contributed by atoms with van der Waals surface area (Å²) in [5.74, 6) is 1.29. The third-order valence-corrected chi connectivity index (χ3v) is 7.94. The number of rotatable bonds is 8. The number of aryl methyl sites for hydroxylation is 1. The zero-order chi connectivity index (χ0) is 26.2. The molecule has 36 heavy (non-hydrogen) atoms. The Bertz CT molecular complexity index is 1110. The van der Waals surface area contributed by atoms with Gasteiger partial charge in [0.1, 0.15) is 11.9 Å². The van der Waals surface area contributed by atoms with E-state index < -0.39 is 30.1 Å². The van der Waals surface area contributed by atoms with Gasteiger partial charge in [0.15, 0.2) is 17.6 Å². The summed E-state index contributed by atoms with van der Waals surface area (Å²) >= 11 is 6.09. The Morgan fingerprint density at radius 1 is 1.25 bits per heavy atom. The molecule has 2 fully saturated rings. The molecular formula is C26H34ClN3O6. The molecule has 3 heterocycles. The van der Waals surface area contributed by atoms with Crippen LogP contribution < -0.4 is 14.4 Å². The minimum Gasteiger partial charge on any atom is -0.493 e. The number of hydrogen-bond donors (Lipinski definition) is 3. The van der Waals surface area contributed by atoms with E-state index in [-0.39, 0.29) is 18.6 Å². The second kappa shape index (κ2) is 10.4. The first-order chi connectivity index (χ1) is 17.1. The number of halogens is 1. The van der Waals surface area contributed by atoms with E-state index in [1.807, 2.05) is 38.1 Å². The monoisotopic (exact) mass is 519 g/mol. The van der Waals surface area contributed by atoms with Gasteiger partial charge in [0.05, 0.1) is 37.9 Å². The number of aliphatic hydroxyl groups is 3. The predicted molar refractivity (Wildman–Crippen MR) is 136 cm³/mol. The van der Waals surface area contributed by atoms with E-state index in [1.165, 1.54) is 4.90 Å². The van der Waals surface area contributed by atoms with Crippen molar-refractivity contribution in [2.45, 2.75) is 45.0 Å². The molecule has 2 aliphatic rings. The summed E-state index contributed by atoms with van der Waals surface area (Å²) in [5, 5.41) is 30.4. The Morgan fingerprint density at radius 3 is 2.58 bits per heavy atom. The molecule has 196 valence electrons. The van der Waals surface area contributed by atoms with Crippen molar-refractivity contribution in [3.05, 3.63) is 46.6 Å². The van der Waals surface area contributed by atoms with E-state index >= 15 is 0 Å². The van der Waals surface area contributed by atoms with Gasteiger partial charge < -0.3 is 34.6 Å². The van der Waals surface area contributed by atoms with Gasteiger partial charge in [-0.15, -0.1) is 0 Å². The number of likely N-dealkylation sites (tertiary alicyclic amines) is 1. The average Bonchev–Trinajstić information content (AvgIpc) is 3.20. The molecule has 2 saturated heterocycles. The minimum atomic E-state index is -1.47. The summed E-state index contributed by atoms with van der Waals surface area (Å²) in [5.41, 5.74) is 1.22. The van der Waals surface area contributed by atoms with Crippen LogP contribution in [-0.4, -0.2) is 89.3 Å². The molecule has 0 radical (unpaired) electrons. The molecule has 0 aliphatic carbocycles. The number of carbonyl (C=O) groups excluding carboxylic acids is 1. The SMILES string of the molecule is COc1ccc([C@@H]2CN(C(=O)[C@@H](O)CO)C[C@@]2(C)[C@@H](C)O)cc1OC1CN(c2cc(C)c(Cl)cn2)C1. The van der Waals surface area contributed by atoms with E-state index in [1.54, 1.807) is 20.2 Å². The summed E-state index contributed by atoms with van der Waals surface area (Å²) in [6, 6.07) is 7.62. The van der Waals surface area contributed by atoms with E-state index in [0.29, 0.717) is 36.2 Å². The van der Waals surface area contributed by atoms with Crippen LogP contribution in [0.4, 0.5) is 5.82 Å². The van der Waals surface area contributed by atoms with E-state index in [9.17, 15) is 20.1 Å². The molecule has 1 aromatic carbocycles. The summed E-state index contributed by atoms with van der Waals surface area (Å²) in [7, 11) is 1.58. The highest BCUT2D eigenvalue weighted by atomic mass is 35.5. The van der Waals surface area contributed by atoms with E-state index in [4.69, 9.17) is 21.1 Å². The Labute approximate surface area is 216 Å². The third kappa shape index (κ3) is 4.98. The van der Waals surface area contributed by atoms with Crippen molar-refractivity contribution in [1.29, 1.82) is 0 Å². The quantitative estimate of drug-likeness (QED) is 0.485. The van der Waals surface area contributed by atoms with Gasteiger partial charge in [0.25, 0.3) is 5.91 Å². The van der Waals surface area contributed by atoms with Gasteiger partial charge in [-0.1, -0.05) is 24.6 Å². The average molecular weight is 520 g/mol. The predicted octanol–water partition coefficient (Wildman–Crippen LogP) is 1.99. The van der Waals surface area contributed by atoms with Crippen LogP contribution in [0.5, 0.6) is 11.5 Å². The Kier molecular flexibility index (Phi) is 7.66. The normalized spacial score (nSPS) is 23.8. The molecule has 0 spiro atoms. The number of amides is 1. The maximum atomic E-state index is 12.6. The number of pyridine rings is 1. The summed E-state index contributed by atoms with van der Waals surface area (Å²) in [6.45, 7) is 6.84. The van der Waals surface area contributed by atoms with Crippen LogP contribution in [0.3, 0.4) is 0 Å². The lowest BCUT2D eigenvalue weighted by atomic mass is 9.72. The maximum Gasteiger partial charge on any atom is 0.253 e. The number of carbonyl (C=O) groups is 1. The van der Waals surface area contributed by atoms with Crippen LogP contribution >= 0.6 is 11.6 Å². The van der Waals surface area contributed by atoms with Crippen LogP contribution in [-0.2, 0) is 4.79 Å². The Balaban J connectivity index is 1.52. The van der Waals surface area contributed by atoms with Gasteiger partial charge in [0.2, 0.25) is 0 Å². The second-order valence-corrected chi connectivity index (χ2v) is 10.4. The molecule has 1 amide bonds. The van der Waals surface area contributed by atoms with E-state index in [0.717, 1.165) is 16.9 Å². The largest absolute Gasteiger partial charge is 0.493 e. The fraction of sp³-hybridized carbons (Fsp3) is 0.538. The van der Waals surface area contributed by atoms with Crippen LogP contribution in [0, 0.1) is 12.3 Å². The van der Waals surface area contributed by atoms with Crippen molar-refractivity contribution in [2.24, 2.45) is 5.41 Å². The first-order valence-electron chi connectivity index (χ1n) is 12.0. The Hall–Kier alpha value is -2.59. The van der Waals surface area contributed by atoms with Crippen LogP contribution in [0.1, 0.15) is 30.9 Å². The second-order valence-electron chi connectivity index (χ2n) is 10.00. The highest BCUT2D eigenvalue weighted by molar-refractivity contribution is 6.31. The maximum absolute atomic E-state index is 12.6. The number of hydrogen-bond acceptors (Lipinski definition) is 8. The van der Waals surface area contributed by atoms with E-state index in [2.05, 4.69) is 9.88 Å². The van der Waals surface area contributed by atoms with Gasteiger partial charge in [-0.2, -0.15) is 0 Å².